The second-order valence-corrected chi connectivity index (χ2v) is 6.83. The summed E-state index contributed by atoms with van der Waals surface area (Å²) in [5.41, 5.74) is 1.69. The third kappa shape index (κ3) is 3.26. The Morgan fingerprint density at radius 1 is 1.42 bits per heavy atom. The maximum atomic E-state index is 11.8. The first-order valence-electron chi connectivity index (χ1n) is 6.15. The highest BCUT2D eigenvalue weighted by atomic mass is 32.2. The minimum atomic E-state index is -3.32. The third-order valence-corrected chi connectivity index (χ3v) is 4.51. The molecule has 1 heterocycles. The first kappa shape index (κ1) is 13.9. The number of hydrogen-bond donors (Lipinski definition) is 1. The highest BCUT2D eigenvalue weighted by molar-refractivity contribution is 7.92. The van der Waals surface area contributed by atoms with Crippen LogP contribution in [0.4, 0.5) is 5.69 Å². The van der Waals surface area contributed by atoms with Crippen molar-refractivity contribution in [2.45, 2.75) is 19.3 Å². The summed E-state index contributed by atoms with van der Waals surface area (Å²) in [6.45, 7) is 0.364. The van der Waals surface area contributed by atoms with Crippen molar-refractivity contribution >= 4 is 21.7 Å². The quantitative estimate of drug-likeness (QED) is 0.908. The number of anilines is 1. The molecule has 1 aliphatic rings. The zero-order chi connectivity index (χ0) is 14.0. The maximum Gasteiger partial charge on any atom is 0.303 e. The fourth-order valence-electron chi connectivity index (χ4n) is 2.47. The minimum Gasteiger partial charge on any atom is -0.481 e. The van der Waals surface area contributed by atoms with E-state index >= 15 is 0 Å². The topological polar surface area (TPSA) is 74.7 Å². The molecule has 104 valence electrons. The number of fused-ring (bicyclic) bond motifs is 1. The number of carboxylic acid groups (broad SMARTS) is 1. The highest BCUT2D eigenvalue weighted by Gasteiger charge is 2.29. The van der Waals surface area contributed by atoms with Crippen LogP contribution in [-0.2, 0) is 21.2 Å². The Balaban J connectivity index is 2.27. The minimum absolute atomic E-state index is 0.0562. The number of benzene rings is 1. The van der Waals surface area contributed by atoms with Crippen molar-refractivity contribution < 1.29 is 18.3 Å². The molecule has 1 aliphatic heterocycles. The first-order chi connectivity index (χ1) is 8.88. The van der Waals surface area contributed by atoms with Gasteiger partial charge in [-0.05, 0) is 30.4 Å². The molecular formula is C13H17NO4S. The molecule has 0 fully saturated rings. The van der Waals surface area contributed by atoms with E-state index in [1.165, 1.54) is 10.6 Å². The number of nitrogens with zero attached hydrogens (tertiary/aromatic N) is 1. The van der Waals surface area contributed by atoms with Crippen LogP contribution in [0.15, 0.2) is 24.3 Å². The van der Waals surface area contributed by atoms with E-state index in [9.17, 15) is 13.2 Å². The van der Waals surface area contributed by atoms with Gasteiger partial charge in [-0.15, -0.1) is 0 Å². The van der Waals surface area contributed by atoms with E-state index in [1.54, 1.807) is 6.07 Å². The van der Waals surface area contributed by atoms with Gasteiger partial charge >= 0.3 is 5.97 Å². The average molecular weight is 283 g/mol. The lowest BCUT2D eigenvalue weighted by Gasteiger charge is -2.34. The van der Waals surface area contributed by atoms with Crippen LogP contribution in [0.1, 0.15) is 18.4 Å². The van der Waals surface area contributed by atoms with Gasteiger partial charge in [0.25, 0.3) is 0 Å². The molecule has 0 bridgehead atoms. The first-order valence-corrected chi connectivity index (χ1v) is 8.00. The number of hydrogen-bond acceptors (Lipinski definition) is 3. The van der Waals surface area contributed by atoms with E-state index < -0.39 is 16.0 Å². The Hall–Kier alpha value is -1.56. The number of aliphatic carboxylic acids is 1. The molecule has 0 saturated heterocycles. The van der Waals surface area contributed by atoms with E-state index in [2.05, 4.69) is 0 Å². The molecule has 1 aromatic rings. The molecule has 0 saturated carbocycles. The predicted molar refractivity (Wildman–Crippen MR) is 72.7 cm³/mol. The van der Waals surface area contributed by atoms with E-state index in [-0.39, 0.29) is 12.3 Å². The van der Waals surface area contributed by atoms with Gasteiger partial charge in [0, 0.05) is 13.0 Å². The maximum absolute atomic E-state index is 11.8. The van der Waals surface area contributed by atoms with Crippen LogP contribution < -0.4 is 4.31 Å². The molecule has 2 rings (SSSR count). The molecule has 0 aliphatic carbocycles. The molecule has 0 unspecified atom stereocenters. The summed E-state index contributed by atoms with van der Waals surface area (Å²) in [7, 11) is -3.32. The van der Waals surface area contributed by atoms with Crippen molar-refractivity contribution in [3.63, 3.8) is 0 Å². The van der Waals surface area contributed by atoms with Crippen molar-refractivity contribution in [2.75, 3.05) is 17.1 Å². The summed E-state index contributed by atoms with van der Waals surface area (Å²) < 4.78 is 25.1. The Kier molecular flexibility index (Phi) is 3.80. The monoisotopic (exact) mass is 283 g/mol. The molecule has 0 amide bonds. The van der Waals surface area contributed by atoms with Gasteiger partial charge in [0.1, 0.15) is 0 Å². The zero-order valence-electron chi connectivity index (χ0n) is 10.7. The highest BCUT2D eigenvalue weighted by Crippen LogP contribution is 2.32. The normalized spacial score (nSPS) is 19.0. The number of carbonyl (C=O) groups is 1. The molecule has 1 aromatic carbocycles. The predicted octanol–water partition coefficient (Wildman–Crippen LogP) is 1.49. The smallest absolute Gasteiger partial charge is 0.303 e. The summed E-state index contributed by atoms with van der Waals surface area (Å²) in [6.07, 6.45) is 2.49. The van der Waals surface area contributed by atoms with Gasteiger partial charge in [-0.1, -0.05) is 18.2 Å². The second-order valence-electron chi connectivity index (χ2n) is 4.93. The van der Waals surface area contributed by atoms with Gasteiger partial charge in [0.15, 0.2) is 0 Å². The van der Waals surface area contributed by atoms with Crippen molar-refractivity contribution in [1.29, 1.82) is 0 Å². The molecule has 0 spiro atoms. The lowest BCUT2D eigenvalue weighted by Crippen LogP contribution is -2.39. The van der Waals surface area contributed by atoms with Crippen molar-refractivity contribution in [3.8, 4) is 0 Å². The Labute approximate surface area is 112 Å². The second kappa shape index (κ2) is 5.21. The molecule has 6 heteroatoms. The Bertz CT molecular complexity index is 582. The molecule has 1 atom stereocenters. The van der Waals surface area contributed by atoms with Crippen molar-refractivity contribution in [3.05, 3.63) is 29.8 Å². The van der Waals surface area contributed by atoms with Crippen LogP contribution >= 0.6 is 0 Å². The summed E-state index contributed by atoms with van der Waals surface area (Å²) in [5, 5.41) is 8.73. The van der Waals surface area contributed by atoms with Crippen LogP contribution in [0, 0.1) is 5.92 Å². The number of rotatable bonds is 4. The molecule has 0 aromatic heterocycles. The standard InChI is InChI=1S/C13H17NO4S/c1-19(17,18)14-9-10(6-7-13(15)16)8-11-4-2-3-5-12(11)14/h2-5,10H,6-9H2,1H3,(H,15,16)/t10-/m1/s1. The Morgan fingerprint density at radius 3 is 2.74 bits per heavy atom. The zero-order valence-corrected chi connectivity index (χ0v) is 11.6. The summed E-state index contributed by atoms with van der Waals surface area (Å²) >= 11 is 0. The summed E-state index contributed by atoms with van der Waals surface area (Å²) in [5.74, 6) is -0.787. The van der Waals surface area contributed by atoms with Crippen LogP contribution in [0.3, 0.4) is 0 Å². The van der Waals surface area contributed by atoms with Crippen molar-refractivity contribution in [1.82, 2.24) is 0 Å². The van der Waals surface area contributed by atoms with Crippen LogP contribution in [-0.4, -0.2) is 32.3 Å². The van der Waals surface area contributed by atoms with Gasteiger partial charge < -0.3 is 5.11 Å². The number of para-hydroxylation sites is 1. The van der Waals surface area contributed by atoms with E-state index in [4.69, 9.17) is 5.11 Å². The molecular weight excluding hydrogens is 266 g/mol. The summed E-state index contributed by atoms with van der Waals surface area (Å²) in [4.78, 5) is 10.6. The van der Waals surface area contributed by atoms with Gasteiger partial charge in [0.2, 0.25) is 10.0 Å². The number of carboxylic acids is 1. The molecule has 1 N–H and O–H groups in total. The molecule has 19 heavy (non-hydrogen) atoms. The lowest BCUT2D eigenvalue weighted by molar-refractivity contribution is -0.137. The van der Waals surface area contributed by atoms with Crippen LogP contribution in [0.25, 0.3) is 0 Å². The van der Waals surface area contributed by atoms with E-state index in [0.717, 1.165) is 17.7 Å². The average Bonchev–Trinajstić information content (AvgIpc) is 2.34. The van der Waals surface area contributed by atoms with Gasteiger partial charge in [-0.3, -0.25) is 9.10 Å². The van der Waals surface area contributed by atoms with Crippen molar-refractivity contribution in [2.24, 2.45) is 5.92 Å². The fourth-order valence-corrected chi connectivity index (χ4v) is 3.49. The molecule has 0 radical (unpaired) electrons. The van der Waals surface area contributed by atoms with Gasteiger partial charge in [0.05, 0.1) is 11.9 Å². The van der Waals surface area contributed by atoms with E-state index in [0.29, 0.717) is 13.0 Å². The fraction of sp³-hybridized carbons (Fsp3) is 0.462. The van der Waals surface area contributed by atoms with Gasteiger partial charge in [-0.25, -0.2) is 8.42 Å². The van der Waals surface area contributed by atoms with Gasteiger partial charge in [-0.2, -0.15) is 0 Å². The SMILES string of the molecule is CS(=O)(=O)N1C[C@H](CCC(=O)O)Cc2ccccc21. The lowest BCUT2D eigenvalue weighted by atomic mass is 9.90. The largest absolute Gasteiger partial charge is 0.481 e. The Morgan fingerprint density at radius 2 is 2.11 bits per heavy atom. The van der Waals surface area contributed by atoms with Crippen LogP contribution in [0.5, 0.6) is 0 Å². The van der Waals surface area contributed by atoms with Crippen LogP contribution in [0.2, 0.25) is 0 Å². The van der Waals surface area contributed by atoms with E-state index in [1.807, 2.05) is 18.2 Å². The molecule has 5 nitrogen and oxygen atoms in total. The summed E-state index contributed by atoms with van der Waals surface area (Å²) in [6, 6.07) is 7.39. The third-order valence-electron chi connectivity index (χ3n) is 3.36. The number of sulfonamides is 1.